The van der Waals surface area contributed by atoms with E-state index in [4.69, 9.17) is 10.5 Å². The number of ether oxygens (including phenoxy) is 1. The molecule has 28 heavy (non-hydrogen) atoms. The first-order valence-corrected chi connectivity index (χ1v) is 10.3. The number of unbranched alkanes of at least 4 members (excludes halogenated alkanes) is 8. The Hall–Kier alpha value is -1.87. The highest BCUT2D eigenvalue weighted by atomic mass is 16.7. The van der Waals surface area contributed by atoms with E-state index in [2.05, 4.69) is 18.8 Å². The van der Waals surface area contributed by atoms with Crippen LogP contribution < -0.4 is 5.73 Å². The molecule has 0 aromatic heterocycles. The van der Waals surface area contributed by atoms with Gasteiger partial charge in [-0.25, -0.2) is 0 Å². The molecule has 0 aliphatic rings. The Balaban J connectivity index is 2.59. The predicted octanol–water partition coefficient (Wildman–Crippen LogP) is 3.60. The Morgan fingerprint density at radius 1 is 1.18 bits per heavy atom. The van der Waals surface area contributed by atoms with Gasteiger partial charge in [0.25, 0.3) is 5.79 Å². The van der Waals surface area contributed by atoms with Crippen molar-refractivity contribution < 1.29 is 19.7 Å². The van der Waals surface area contributed by atoms with Gasteiger partial charge in [0.2, 0.25) is 0 Å². The Kier molecular flexibility index (Phi) is 11.5. The number of carbonyl (C=O) groups is 1. The van der Waals surface area contributed by atoms with Gasteiger partial charge in [-0.3, -0.25) is 4.79 Å². The largest absolute Gasteiger partial charge is 0.427 e. The maximum atomic E-state index is 11.4. The molecule has 2 atom stereocenters. The summed E-state index contributed by atoms with van der Waals surface area (Å²) in [5, 5.41) is 20.0. The minimum absolute atomic E-state index is 0.295. The average Bonchev–Trinajstić information content (AvgIpc) is 2.68. The van der Waals surface area contributed by atoms with Crippen LogP contribution in [0, 0.1) is 11.8 Å². The van der Waals surface area contributed by atoms with E-state index in [1.807, 2.05) is 6.07 Å². The topological polar surface area (TPSA) is 92.8 Å². The number of esters is 1. The Morgan fingerprint density at radius 3 is 2.43 bits per heavy atom. The molecule has 5 heteroatoms. The van der Waals surface area contributed by atoms with Crippen molar-refractivity contribution in [3.05, 3.63) is 35.4 Å². The zero-order valence-electron chi connectivity index (χ0n) is 17.2. The fourth-order valence-electron chi connectivity index (χ4n) is 3.02. The highest BCUT2D eigenvalue weighted by Crippen LogP contribution is 2.26. The van der Waals surface area contributed by atoms with Gasteiger partial charge in [0.15, 0.2) is 0 Å². The Bertz CT molecular complexity index is 649. The molecule has 0 saturated carbocycles. The molecule has 0 saturated heterocycles. The summed E-state index contributed by atoms with van der Waals surface area (Å²) in [4.78, 5) is 11.4. The minimum Gasteiger partial charge on any atom is -0.427 e. The molecule has 0 heterocycles. The van der Waals surface area contributed by atoms with Gasteiger partial charge in [-0.2, -0.15) is 0 Å². The number of nitrogens with two attached hydrogens (primary N) is 1. The van der Waals surface area contributed by atoms with Crippen LogP contribution in [0.1, 0.15) is 82.8 Å². The molecule has 1 aromatic rings. The minimum atomic E-state index is -2.09. The summed E-state index contributed by atoms with van der Waals surface area (Å²) in [6.45, 7) is 2.88. The van der Waals surface area contributed by atoms with Crippen molar-refractivity contribution in [1.82, 2.24) is 0 Å². The van der Waals surface area contributed by atoms with Crippen molar-refractivity contribution in [3.8, 4) is 11.8 Å². The molecule has 0 aliphatic heterocycles. The van der Waals surface area contributed by atoms with Crippen molar-refractivity contribution in [2.45, 2.75) is 83.5 Å². The van der Waals surface area contributed by atoms with Gasteiger partial charge >= 0.3 is 5.97 Å². The first kappa shape index (κ1) is 24.2. The summed E-state index contributed by atoms with van der Waals surface area (Å²) in [5.41, 5.74) is 6.77. The second-order valence-electron chi connectivity index (χ2n) is 7.19. The van der Waals surface area contributed by atoms with Crippen LogP contribution in [-0.2, 0) is 15.3 Å². The molecule has 0 aliphatic carbocycles. The van der Waals surface area contributed by atoms with Crippen molar-refractivity contribution in [2.75, 3.05) is 6.61 Å². The van der Waals surface area contributed by atoms with Gasteiger partial charge < -0.3 is 20.7 Å². The molecule has 0 bridgehead atoms. The van der Waals surface area contributed by atoms with Crippen LogP contribution in [0.15, 0.2) is 24.3 Å². The summed E-state index contributed by atoms with van der Waals surface area (Å²) in [6, 6.07) is 5.62. The van der Waals surface area contributed by atoms with Crippen molar-refractivity contribution in [3.63, 3.8) is 0 Å². The SMILES string of the molecule is CCCCCCCCCCC#Cc1cccc(C(O)(OC(C)=O)C(N)CO)c1. The van der Waals surface area contributed by atoms with Crippen LogP contribution in [0.2, 0.25) is 0 Å². The first-order valence-electron chi connectivity index (χ1n) is 10.3. The van der Waals surface area contributed by atoms with E-state index in [0.717, 1.165) is 12.8 Å². The second kappa shape index (κ2) is 13.3. The van der Waals surface area contributed by atoms with Crippen LogP contribution in [-0.4, -0.2) is 28.8 Å². The average molecular weight is 390 g/mol. The van der Waals surface area contributed by atoms with Crippen LogP contribution in [0.4, 0.5) is 0 Å². The van der Waals surface area contributed by atoms with Gasteiger partial charge in [-0.15, -0.1) is 0 Å². The molecule has 2 unspecified atom stereocenters. The zero-order valence-corrected chi connectivity index (χ0v) is 17.2. The lowest BCUT2D eigenvalue weighted by Crippen LogP contribution is -2.50. The monoisotopic (exact) mass is 389 g/mol. The molecule has 0 fully saturated rings. The summed E-state index contributed by atoms with van der Waals surface area (Å²) >= 11 is 0. The number of hydrogen-bond acceptors (Lipinski definition) is 5. The molecule has 0 spiro atoms. The fourth-order valence-corrected chi connectivity index (χ4v) is 3.02. The maximum Gasteiger partial charge on any atom is 0.305 e. The lowest BCUT2D eigenvalue weighted by atomic mass is 9.97. The lowest BCUT2D eigenvalue weighted by Gasteiger charge is -2.32. The van der Waals surface area contributed by atoms with Crippen LogP contribution in [0.3, 0.4) is 0 Å². The molecule has 0 radical (unpaired) electrons. The van der Waals surface area contributed by atoms with Gasteiger partial charge in [-0.05, 0) is 18.6 Å². The number of aliphatic hydroxyl groups excluding tert-OH is 1. The van der Waals surface area contributed by atoms with E-state index in [-0.39, 0.29) is 0 Å². The number of aliphatic hydroxyl groups is 2. The van der Waals surface area contributed by atoms with E-state index in [1.54, 1.807) is 18.2 Å². The van der Waals surface area contributed by atoms with Crippen LogP contribution >= 0.6 is 0 Å². The number of carbonyl (C=O) groups excluding carboxylic acids is 1. The van der Waals surface area contributed by atoms with Gasteiger partial charge in [0, 0.05) is 24.5 Å². The van der Waals surface area contributed by atoms with E-state index in [0.29, 0.717) is 11.1 Å². The quantitative estimate of drug-likeness (QED) is 0.220. The van der Waals surface area contributed by atoms with Crippen molar-refractivity contribution in [1.29, 1.82) is 0 Å². The highest BCUT2D eigenvalue weighted by Gasteiger charge is 2.39. The van der Waals surface area contributed by atoms with E-state index >= 15 is 0 Å². The molecule has 156 valence electrons. The summed E-state index contributed by atoms with van der Waals surface area (Å²) in [6.07, 6.45) is 10.9. The third-order valence-electron chi connectivity index (χ3n) is 4.66. The fraction of sp³-hybridized carbons (Fsp3) is 0.609. The standard InChI is InChI=1S/C23H35NO4/c1-3-4-5-6-7-8-9-10-11-12-14-20-15-13-16-21(17-20)23(27,22(24)18-25)28-19(2)26/h13,15-17,22,25,27H,3-11,18,24H2,1-2H3. The molecule has 1 rings (SSSR count). The molecule has 0 amide bonds. The number of benzene rings is 1. The lowest BCUT2D eigenvalue weighted by molar-refractivity contribution is -0.225. The summed E-state index contributed by atoms with van der Waals surface area (Å²) in [5.74, 6) is 3.47. The maximum absolute atomic E-state index is 11.4. The number of rotatable bonds is 12. The zero-order chi connectivity index (χ0) is 20.8. The van der Waals surface area contributed by atoms with E-state index in [1.165, 1.54) is 51.9 Å². The molecular weight excluding hydrogens is 354 g/mol. The van der Waals surface area contributed by atoms with Gasteiger partial charge in [0.1, 0.15) is 0 Å². The van der Waals surface area contributed by atoms with Crippen molar-refractivity contribution in [2.24, 2.45) is 5.73 Å². The van der Waals surface area contributed by atoms with Crippen LogP contribution in [0.5, 0.6) is 0 Å². The Morgan fingerprint density at radius 2 is 1.82 bits per heavy atom. The predicted molar refractivity (Wildman–Crippen MR) is 111 cm³/mol. The summed E-state index contributed by atoms with van der Waals surface area (Å²) < 4.78 is 5.02. The second-order valence-corrected chi connectivity index (χ2v) is 7.19. The number of hydrogen-bond donors (Lipinski definition) is 3. The van der Waals surface area contributed by atoms with E-state index in [9.17, 15) is 15.0 Å². The van der Waals surface area contributed by atoms with Crippen molar-refractivity contribution >= 4 is 5.97 Å². The third-order valence-corrected chi connectivity index (χ3v) is 4.66. The smallest absolute Gasteiger partial charge is 0.305 e. The highest BCUT2D eigenvalue weighted by molar-refractivity contribution is 5.66. The molecular formula is C23H35NO4. The van der Waals surface area contributed by atoms with Gasteiger partial charge in [-0.1, -0.05) is 75.8 Å². The first-order chi connectivity index (χ1) is 13.4. The van der Waals surface area contributed by atoms with Gasteiger partial charge in [0.05, 0.1) is 12.6 Å². The molecule has 1 aromatic carbocycles. The normalized spacial score (nSPS) is 13.9. The molecule has 4 N–H and O–H groups in total. The van der Waals surface area contributed by atoms with Crippen LogP contribution in [0.25, 0.3) is 0 Å². The summed E-state index contributed by atoms with van der Waals surface area (Å²) in [7, 11) is 0. The third kappa shape index (κ3) is 8.43. The molecule has 5 nitrogen and oxygen atoms in total. The van der Waals surface area contributed by atoms with E-state index < -0.39 is 24.4 Å². The Labute approximate surface area is 169 Å².